The Morgan fingerprint density at radius 1 is 1.14 bits per heavy atom. The molecule has 2 aromatic carbocycles. The minimum atomic E-state index is -0.659. The number of thioether (sulfide) groups is 1. The minimum Gasteiger partial charge on any atom is -0.497 e. The first-order valence-electron chi connectivity index (χ1n) is 8.76. The highest BCUT2D eigenvalue weighted by Gasteiger charge is 2.17. The van der Waals surface area contributed by atoms with Crippen molar-refractivity contribution in [1.29, 1.82) is 0 Å². The topological polar surface area (TPSA) is 103 Å². The Morgan fingerprint density at radius 3 is 2.72 bits per heavy atom. The van der Waals surface area contributed by atoms with Crippen molar-refractivity contribution in [2.24, 2.45) is 0 Å². The van der Waals surface area contributed by atoms with E-state index < -0.39 is 18.5 Å². The number of hydrogen-bond donors (Lipinski definition) is 2. The lowest BCUT2D eigenvalue weighted by Crippen LogP contribution is -2.21. The maximum absolute atomic E-state index is 12.3. The van der Waals surface area contributed by atoms with E-state index in [0.29, 0.717) is 35.0 Å². The summed E-state index contributed by atoms with van der Waals surface area (Å²) >= 11 is 1.54. The van der Waals surface area contributed by atoms with Crippen LogP contribution in [0.2, 0.25) is 0 Å². The third kappa shape index (κ3) is 5.20. The maximum atomic E-state index is 12.3. The fraction of sp³-hybridized carbons (Fsp3) is 0.250. The number of ether oxygens (including phenoxy) is 3. The average Bonchev–Trinajstić information content (AvgIpc) is 2.92. The van der Waals surface area contributed by atoms with Crippen LogP contribution >= 0.6 is 11.8 Å². The van der Waals surface area contributed by atoms with Gasteiger partial charge in [-0.3, -0.25) is 9.59 Å². The van der Waals surface area contributed by atoms with E-state index in [9.17, 15) is 14.4 Å². The Labute approximate surface area is 171 Å². The van der Waals surface area contributed by atoms with E-state index in [1.54, 1.807) is 36.4 Å². The van der Waals surface area contributed by atoms with E-state index in [1.807, 2.05) is 0 Å². The standard InChI is InChI=1S/C20H20N2O6S/c1-26-13-4-5-14(16(10-13)27-2)21-19(24)11-28-20(25)12-3-6-17-15(9-12)22-18(23)7-8-29-17/h3-6,9-10H,7-8,11H2,1-2H3,(H,21,24)(H,22,23). The summed E-state index contributed by atoms with van der Waals surface area (Å²) in [7, 11) is 3.00. The Morgan fingerprint density at radius 2 is 1.97 bits per heavy atom. The minimum absolute atomic E-state index is 0.102. The van der Waals surface area contributed by atoms with Gasteiger partial charge in [0.2, 0.25) is 5.91 Å². The molecule has 2 aromatic rings. The van der Waals surface area contributed by atoms with Crippen molar-refractivity contribution < 1.29 is 28.6 Å². The molecule has 0 spiro atoms. The maximum Gasteiger partial charge on any atom is 0.338 e. The van der Waals surface area contributed by atoms with E-state index in [1.165, 1.54) is 26.0 Å². The normalized spacial score (nSPS) is 12.8. The fourth-order valence-corrected chi connectivity index (χ4v) is 3.59. The number of fused-ring (bicyclic) bond motifs is 1. The first kappa shape index (κ1) is 20.5. The van der Waals surface area contributed by atoms with Crippen LogP contribution in [0.15, 0.2) is 41.3 Å². The number of rotatable bonds is 6. The van der Waals surface area contributed by atoms with Gasteiger partial charge in [0.15, 0.2) is 6.61 Å². The highest BCUT2D eigenvalue weighted by molar-refractivity contribution is 7.99. The highest BCUT2D eigenvalue weighted by Crippen LogP contribution is 2.32. The van der Waals surface area contributed by atoms with Gasteiger partial charge in [-0.25, -0.2) is 4.79 Å². The first-order valence-corrected chi connectivity index (χ1v) is 9.74. The third-order valence-electron chi connectivity index (χ3n) is 4.09. The lowest BCUT2D eigenvalue weighted by atomic mass is 10.2. The summed E-state index contributed by atoms with van der Waals surface area (Å²) in [4.78, 5) is 37.0. The van der Waals surface area contributed by atoms with Gasteiger partial charge in [-0.1, -0.05) is 0 Å². The van der Waals surface area contributed by atoms with Gasteiger partial charge in [-0.05, 0) is 30.3 Å². The van der Waals surface area contributed by atoms with Crippen LogP contribution in [-0.4, -0.2) is 44.4 Å². The molecule has 0 bridgehead atoms. The number of nitrogens with one attached hydrogen (secondary N) is 2. The largest absolute Gasteiger partial charge is 0.497 e. The Bertz CT molecular complexity index is 947. The molecule has 1 aliphatic rings. The summed E-state index contributed by atoms with van der Waals surface area (Å²) in [6.45, 7) is -0.466. The molecule has 0 unspecified atom stereocenters. The lowest BCUT2D eigenvalue weighted by Gasteiger charge is -2.12. The molecule has 0 saturated carbocycles. The van der Waals surface area contributed by atoms with E-state index in [0.717, 1.165) is 4.90 Å². The smallest absolute Gasteiger partial charge is 0.338 e. The van der Waals surface area contributed by atoms with Crippen molar-refractivity contribution in [3.63, 3.8) is 0 Å². The number of hydrogen-bond acceptors (Lipinski definition) is 7. The summed E-state index contributed by atoms with van der Waals surface area (Å²) in [5, 5.41) is 5.39. The number of methoxy groups -OCH3 is 2. The molecular formula is C20H20N2O6S. The number of carbonyl (C=O) groups is 3. The van der Waals surface area contributed by atoms with Gasteiger partial charge < -0.3 is 24.8 Å². The molecule has 1 aliphatic heterocycles. The van der Waals surface area contributed by atoms with E-state index in [2.05, 4.69) is 10.6 Å². The van der Waals surface area contributed by atoms with Gasteiger partial charge in [0.1, 0.15) is 11.5 Å². The van der Waals surface area contributed by atoms with Crippen LogP contribution in [0.4, 0.5) is 11.4 Å². The molecule has 0 atom stereocenters. The van der Waals surface area contributed by atoms with Crippen LogP contribution in [0.5, 0.6) is 11.5 Å². The van der Waals surface area contributed by atoms with Crippen LogP contribution in [0.3, 0.4) is 0 Å². The van der Waals surface area contributed by atoms with Crippen LogP contribution in [0, 0.1) is 0 Å². The van der Waals surface area contributed by atoms with Crippen molar-refractivity contribution in [3.05, 3.63) is 42.0 Å². The summed E-state index contributed by atoms with van der Waals surface area (Å²) in [6.07, 6.45) is 0.411. The molecule has 29 heavy (non-hydrogen) atoms. The molecule has 0 fully saturated rings. The highest BCUT2D eigenvalue weighted by atomic mass is 32.2. The Balaban J connectivity index is 1.61. The molecule has 9 heteroatoms. The van der Waals surface area contributed by atoms with Crippen molar-refractivity contribution in [2.45, 2.75) is 11.3 Å². The number of amides is 2. The molecule has 0 aliphatic carbocycles. The van der Waals surface area contributed by atoms with Crippen molar-refractivity contribution in [2.75, 3.05) is 37.2 Å². The molecule has 1 heterocycles. The van der Waals surface area contributed by atoms with Gasteiger partial charge in [0, 0.05) is 23.1 Å². The zero-order valence-electron chi connectivity index (χ0n) is 15.9. The molecule has 2 amide bonds. The molecule has 2 N–H and O–H groups in total. The van der Waals surface area contributed by atoms with Crippen LogP contribution in [-0.2, 0) is 14.3 Å². The van der Waals surface area contributed by atoms with Crippen LogP contribution in [0.25, 0.3) is 0 Å². The molecule has 3 rings (SSSR count). The number of anilines is 2. The van der Waals surface area contributed by atoms with Gasteiger partial charge in [-0.2, -0.15) is 0 Å². The summed E-state index contributed by atoms with van der Waals surface area (Å²) in [5.74, 6) is 0.406. The zero-order valence-corrected chi connectivity index (χ0v) is 16.8. The predicted octanol–water partition coefficient (Wildman–Crippen LogP) is 2.93. The molecule has 0 radical (unpaired) electrons. The first-order chi connectivity index (χ1) is 14.0. The Hall–Kier alpha value is -3.20. The number of carbonyl (C=O) groups excluding carboxylic acids is 3. The van der Waals surface area contributed by atoms with E-state index in [4.69, 9.17) is 14.2 Å². The molecule has 8 nitrogen and oxygen atoms in total. The molecule has 152 valence electrons. The van der Waals surface area contributed by atoms with E-state index >= 15 is 0 Å². The summed E-state index contributed by atoms with van der Waals surface area (Å²) in [6, 6.07) is 9.85. The second kappa shape index (κ2) is 9.33. The second-order valence-corrected chi connectivity index (χ2v) is 7.18. The second-order valence-electron chi connectivity index (χ2n) is 6.05. The predicted molar refractivity (Wildman–Crippen MR) is 109 cm³/mol. The number of esters is 1. The lowest BCUT2D eigenvalue weighted by molar-refractivity contribution is -0.119. The van der Waals surface area contributed by atoms with Crippen LogP contribution in [0.1, 0.15) is 16.8 Å². The van der Waals surface area contributed by atoms with Gasteiger partial charge >= 0.3 is 5.97 Å². The Kier molecular flexibility index (Phi) is 6.61. The summed E-state index contributed by atoms with van der Waals surface area (Å²) in [5.41, 5.74) is 1.25. The van der Waals surface area contributed by atoms with Crippen LogP contribution < -0.4 is 20.1 Å². The third-order valence-corrected chi connectivity index (χ3v) is 5.17. The van der Waals surface area contributed by atoms with E-state index in [-0.39, 0.29) is 11.5 Å². The quantitative estimate of drug-likeness (QED) is 0.698. The fourth-order valence-electron chi connectivity index (χ4n) is 2.65. The average molecular weight is 416 g/mol. The molecular weight excluding hydrogens is 396 g/mol. The van der Waals surface area contributed by atoms with Crippen molar-refractivity contribution in [1.82, 2.24) is 0 Å². The summed E-state index contributed by atoms with van der Waals surface area (Å²) < 4.78 is 15.4. The zero-order chi connectivity index (χ0) is 20.8. The van der Waals surface area contributed by atoms with Gasteiger partial charge in [-0.15, -0.1) is 11.8 Å². The van der Waals surface area contributed by atoms with Gasteiger partial charge in [0.05, 0.1) is 31.2 Å². The van der Waals surface area contributed by atoms with Gasteiger partial charge in [0.25, 0.3) is 5.91 Å². The number of benzene rings is 2. The SMILES string of the molecule is COc1ccc(NC(=O)COC(=O)c2ccc3c(c2)NC(=O)CCS3)c(OC)c1. The monoisotopic (exact) mass is 416 g/mol. The molecule has 0 saturated heterocycles. The van der Waals surface area contributed by atoms with Crippen molar-refractivity contribution >= 4 is 40.9 Å². The van der Waals surface area contributed by atoms with Crippen molar-refractivity contribution in [3.8, 4) is 11.5 Å². The molecule has 0 aromatic heterocycles.